The molecule has 2 N–H and O–H groups in total. The molecule has 3 aliphatic rings. The number of hydrogen-bond acceptors (Lipinski definition) is 4. The lowest BCUT2D eigenvalue weighted by Gasteiger charge is -2.34. The number of allylic oxidation sites excluding steroid dienone is 2. The molecule has 0 aromatic carbocycles. The molecule has 0 aromatic rings. The Morgan fingerprint density at radius 3 is 2.31 bits per heavy atom. The molecule has 2 aliphatic carbocycles. The summed E-state index contributed by atoms with van der Waals surface area (Å²) in [4.78, 5) is 50.0. The van der Waals surface area contributed by atoms with E-state index in [1.807, 2.05) is 12.2 Å². The first-order chi connectivity index (χ1) is 12.4. The molecule has 7 heteroatoms. The molecule has 1 saturated carbocycles. The molecule has 142 valence electrons. The summed E-state index contributed by atoms with van der Waals surface area (Å²) in [6, 6.07) is -0.519. The van der Waals surface area contributed by atoms with Gasteiger partial charge in [-0.25, -0.2) is 4.79 Å². The number of nitrogens with zero attached hydrogens (tertiary/aromatic N) is 1. The van der Waals surface area contributed by atoms with Crippen molar-refractivity contribution in [1.29, 1.82) is 0 Å². The standard InChI is InChI=1S/C19H27N3O4/c1-11-6-5-9-15(12(11)2)20-19(26)21-16(23)10-22-17(24)13-7-3-4-8-14(13)18(22)25/h3-4,11-15H,5-10H2,1-2H3,(H2,20,21,23,26)/t11-,12-,13-,14+,15+/m1/s1. The molecule has 0 spiro atoms. The number of likely N-dealkylation sites (tertiary alicyclic amines) is 1. The molecular weight excluding hydrogens is 334 g/mol. The van der Waals surface area contributed by atoms with Gasteiger partial charge in [-0.2, -0.15) is 0 Å². The largest absolute Gasteiger partial charge is 0.335 e. The van der Waals surface area contributed by atoms with Gasteiger partial charge in [-0.1, -0.05) is 38.8 Å². The molecule has 5 atom stereocenters. The van der Waals surface area contributed by atoms with Crippen molar-refractivity contribution in [3.63, 3.8) is 0 Å². The molecule has 1 aliphatic heterocycles. The fourth-order valence-electron chi connectivity index (χ4n) is 4.32. The quantitative estimate of drug-likeness (QED) is 0.589. The molecule has 5 amide bonds. The molecule has 7 nitrogen and oxygen atoms in total. The molecule has 2 fully saturated rings. The molecule has 3 rings (SSSR count). The van der Waals surface area contributed by atoms with Crippen molar-refractivity contribution >= 4 is 23.8 Å². The second-order valence-electron chi connectivity index (χ2n) is 7.81. The van der Waals surface area contributed by atoms with Gasteiger partial charge in [0.25, 0.3) is 0 Å². The maximum Gasteiger partial charge on any atom is 0.321 e. The lowest BCUT2D eigenvalue weighted by molar-refractivity contribution is -0.143. The van der Waals surface area contributed by atoms with Crippen molar-refractivity contribution in [1.82, 2.24) is 15.5 Å². The Morgan fingerprint density at radius 1 is 1.08 bits per heavy atom. The number of urea groups is 1. The number of hydrogen-bond donors (Lipinski definition) is 2. The second-order valence-corrected chi connectivity index (χ2v) is 7.81. The maximum absolute atomic E-state index is 12.4. The first-order valence-corrected chi connectivity index (χ1v) is 9.49. The van der Waals surface area contributed by atoms with Gasteiger partial charge in [0, 0.05) is 6.04 Å². The SMILES string of the molecule is C[C@@H]1[C@H](C)CCC[C@@H]1NC(=O)NC(=O)CN1C(=O)[C@H]2CC=CC[C@H]2C1=O. The highest BCUT2D eigenvalue weighted by atomic mass is 16.2. The van der Waals surface area contributed by atoms with Crippen LogP contribution in [0.1, 0.15) is 46.0 Å². The van der Waals surface area contributed by atoms with Crippen LogP contribution in [0, 0.1) is 23.7 Å². The molecule has 0 aromatic heterocycles. The maximum atomic E-state index is 12.4. The Kier molecular flexibility index (Phi) is 5.44. The van der Waals surface area contributed by atoms with Crippen molar-refractivity contribution < 1.29 is 19.2 Å². The predicted octanol–water partition coefficient (Wildman–Crippen LogP) is 1.59. The van der Waals surface area contributed by atoms with Crippen LogP contribution in [0.5, 0.6) is 0 Å². The van der Waals surface area contributed by atoms with Crippen LogP contribution < -0.4 is 10.6 Å². The molecule has 0 bridgehead atoms. The van der Waals surface area contributed by atoms with E-state index in [-0.39, 0.29) is 29.7 Å². The van der Waals surface area contributed by atoms with Gasteiger partial charge in [-0.3, -0.25) is 24.6 Å². The minimum Gasteiger partial charge on any atom is -0.335 e. The van der Waals surface area contributed by atoms with E-state index in [1.54, 1.807) is 0 Å². The average molecular weight is 361 g/mol. The highest BCUT2D eigenvalue weighted by Gasteiger charge is 2.47. The number of rotatable bonds is 3. The molecule has 26 heavy (non-hydrogen) atoms. The Hall–Kier alpha value is -2.18. The third kappa shape index (κ3) is 3.66. The van der Waals surface area contributed by atoms with Gasteiger partial charge in [0.15, 0.2) is 0 Å². The van der Waals surface area contributed by atoms with E-state index in [4.69, 9.17) is 0 Å². The minimum absolute atomic E-state index is 0.0375. The summed E-state index contributed by atoms with van der Waals surface area (Å²) in [7, 11) is 0. The summed E-state index contributed by atoms with van der Waals surface area (Å²) in [5, 5.41) is 5.12. The monoisotopic (exact) mass is 361 g/mol. The fraction of sp³-hybridized carbons (Fsp3) is 0.684. The summed E-state index contributed by atoms with van der Waals surface area (Å²) in [6.07, 6.45) is 7.96. The number of fused-ring (bicyclic) bond motifs is 1. The topological polar surface area (TPSA) is 95.6 Å². The van der Waals surface area contributed by atoms with Crippen LogP contribution in [0.25, 0.3) is 0 Å². The second kappa shape index (κ2) is 7.60. The number of nitrogens with one attached hydrogen (secondary N) is 2. The molecule has 0 radical (unpaired) electrons. The number of imide groups is 2. The van der Waals surface area contributed by atoms with Crippen molar-refractivity contribution in [2.45, 2.75) is 52.0 Å². The fourth-order valence-corrected chi connectivity index (χ4v) is 4.32. The van der Waals surface area contributed by atoms with Crippen LogP contribution in [0.2, 0.25) is 0 Å². The zero-order valence-electron chi connectivity index (χ0n) is 15.4. The molecular formula is C19H27N3O4. The van der Waals surface area contributed by atoms with Crippen molar-refractivity contribution in [2.75, 3.05) is 6.54 Å². The lowest BCUT2D eigenvalue weighted by atomic mass is 9.78. The highest BCUT2D eigenvalue weighted by Crippen LogP contribution is 2.34. The van der Waals surface area contributed by atoms with E-state index in [9.17, 15) is 19.2 Å². The smallest absolute Gasteiger partial charge is 0.321 e. The first-order valence-electron chi connectivity index (χ1n) is 9.49. The van der Waals surface area contributed by atoms with E-state index >= 15 is 0 Å². The predicted molar refractivity (Wildman–Crippen MR) is 94.7 cm³/mol. The van der Waals surface area contributed by atoms with Gasteiger partial charge < -0.3 is 5.32 Å². The van der Waals surface area contributed by atoms with Crippen LogP contribution in [0.4, 0.5) is 4.79 Å². The number of amides is 5. The average Bonchev–Trinajstić information content (AvgIpc) is 2.84. The van der Waals surface area contributed by atoms with E-state index < -0.39 is 18.5 Å². The van der Waals surface area contributed by atoms with Gasteiger partial charge in [-0.15, -0.1) is 0 Å². The number of carbonyl (C=O) groups is 4. The summed E-state index contributed by atoms with van der Waals surface area (Å²) in [5.41, 5.74) is 0. The van der Waals surface area contributed by atoms with Crippen LogP contribution >= 0.6 is 0 Å². The zero-order valence-corrected chi connectivity index (χ0v) is 15.4. The molecule has 0 unspecified atom stereocenters. The Bertz CT molecular complexity index is 619. The summed E-state index contributed by atoms with van der Waals surface area (Å²) in [5.74, 6) is -1.10. The molecule has 1 saturated heterocycles. The van der Waals surface area contributed by atoms with Crippen molar-refractivity contribution in [2.24, 2.45) is 23.7 Å². The third-order valence-corrected chi connectivity index (χ3v) is 6.18. The minimum atomic E-state index is -0.632. The van der Waals surface area contributed by atoms with Gasteiger partial charge in [0.2, 0.25) is 17.7 Å². The van der Waals surface area contributed by atoms with E-state index in [0.717, 1.165) is 24.2 Å². The van der Waals surface area contributed by atoms with E-state index in [1.165, 1.54) is 0 Å². The molecule has 1 heterocycles. The Labute approximate surface area is 153 Å². The van der Waals surface area contributed by atoms with E-state index in [0.29, 0.717) is 24.7 Å². The van der Waals surface area contributed by atoms with Crippen molar-refractivity contribution in [3.05, 3.63) is 12.2 Å². The van der Waals surface area contributed by atoms with Gasteiger partial charge in [-0.05, 0) is 31.1 Å². The summed E-state index contributed by atoms with van der Waals surface area (Å²) in [6.45, 7) is 3.88. The van der Waals surface area contributed by atoms with Gasteiger partial charge >= 0.3 is 6.03 Å². The van der Waals surface area contributed by atoms with Crippen LogP contribution in [-0.2, 0) is 14.4 Å². The van der Waals surface area contributed by atoms with Crippen LogP contribution in [0.15, 0.2) is 12.2 Å². The zero-order chi connectivity index (χ0) is 18.8. The third-order valence-electron chi connectivity index (χ3n) is 6.18. The van der Waals surface area contributed by atoms with Crippen LogP contribution in [0.3, 0.4) is 0 Å². The van der Waals surface area contributed by atoms with E-state index in [2.05, 4.69) is 24.5 Å². The van der Waals surface area contributed by atoms with Gasteiger partial charge in [0.05, 0.1) is 11.8 Å². The van der Waals surface area contributed by atoms with Gasteiger partial charge in [0.1, 0.15) is 6.54 Å². The lowest BCUT2D eigenvalue weighted by Crippen LogP contribution is -2.51. The highest BCUT2D eigenvalue weighted by molar-refractivity contribution is 6.08. The Morgan fingerprint density at radius 2 is 1.69 bits per heavy atom. The first kappa shape index (κ1) is 18.6. The summed E-state index contributed by atoms with van der Waals surface area (Å²) >= 11 is 0. The van der Waals surface area contributed by atoms with Crippen LogP contribution in [-0.4, -0.2) is 41.2 Å². The Balaban J connectivity index is 1.51. The number of carbonyl (C=O) groups excluding carboxylic acids is 4. The summed E-state index contributed by atoms with van der Waals surface area (Å²) < 4.78 is 0. The van der Waals surface area contributed by atoms with Crippen molar-refractivity contribution in [3.8, 4) is 0 Å². The normalized spacial score (nSPS) is 33.8.